The van der Waals surface area contributed by atoms with E-state index in [1.165, 1.54) is 16.7 Å². The monoisotopic (exact) mass is 305 g/mol. The van der Waals surface area contributed by atoms with Crippen molar-refractivity contribution in [2.75, 3.05) is 6.54 Å². The van der Waals surface area contributed by atoms with Crippen LogP contribution in [0, 0.1) is 13.8 Å². The first-order valence-electron chi connectivity index (χ1n) is 7.60. The Morgan fingerprint density at radius 1 is 1.24 bits per heavy atom. The summed E-state index contributed by atoms with van der Waals surface area (Å²) in [6, 6.07) is 6.49. The highest BCUT2D eigenvalue weighted by atomic mass is 35.5. The molecule has 1 atom stereocenters. The van der Waals surface area contributed by atoms with Gasteiger partial charge in [-0.2, -0.15) is 5.10 Å². The lowest BCUT2D eigenvalue weighted by Crippen LogP contribution is -2.26. The fraction of sp³-hybridized carbons (Fsp3) is 0.471. The number of nitrogens with one attached hydrogen (secondary N) is 1. The van der Waals surface area contributed by atoms with Crippen molar-refractivity contribution in [3.05, 3.63) is 51.8 Å². The van der Waals surface area contributed by atoms with Gasteiger partial charge in [-0.1, -0.05) is 43.6 Å². The number of aryl methyl sites for hydroxylation is 3. The molecule has 0 aliphatic rings. The lowest BCUT2D eigenvalue weighted by Gasteiger charge is -2.24. The molecule has 2 aromatic rings. The minimum atomic E-state index is 0.0812. The Hall–Kier alpha value is -1.32. The zero-order valence-corrected chi connectivity index (χ0v) is 14.0. The van der Waals surface area contributed by atoms with E-state index < -0.39 is 0 Å². The fourth-order valence-corrected chi connectivity index (χ4v) is 3.12. The summed E-state index contributed by atoms with van der Waals surface area (Å²) >= 11 is 6.44. The van der Waals surface area contributed by atoms with Gasteiger partial charge < -0.3 is 5.32 Å². The Morgan fingerprint density at radius 3 is 2.48 bits per heavy atom. The highest BCUT2D eigenvalue weighted by Gasteiger charge is 2.23. The summed E-state index contributed by atoms with van der Waals surface area (Å²) in [5.74, 6) is 0. The zero-order valence-electron chi connectivity index (χ0n) is 13.3. The van der Waals surface area contributed by atoms with Crippen molar-refractivity contribution in [2.24, 2.45) is 0 Å². The van der Waals surface area contributed by atoms with Crippen molar-refractivity contribution in [3.63, 3.8) is 0 Å². The Labute approximate surface area is 132 Å². The second-order valence-electron chi connectivity index (χ2n) is 5.40. The third kappa shape index (κ3) is 3.30. The molecule has 0 aliphatic carbocycles. The molecule has 1 N–H and O–H groups in total. The molecule has 3 nitrogen and oxygen atoms in total. The molecule has 0 radical (unpaired) electrons. The minimum absolute atomic E-state index is 0.0812. The number of halogens is 1. The van der Waals surface area contributed by atoms with E-state index in [9.17, 15) is 0 Å². The van der Waals surface area contributed by atoms with Gasteiger partial charge >= 0.3 is 0 Å². The lowest BCUT2D eigenvalue weighted by atomic mass is 9.94. The SMILES string of the molecule is CCCn1ncc(Cl)c1C(NCC)c1c(C)cccc1C. The molecule has 2 rings (SSSR count). The van der Waals surface area contributed by atoms with Crippen LogP contribution in [-0.2, 0) is 6.54 Å². The molecule has 1 heterocycles. The lowest BCUT2D eigenvalue weighted by molar-refractivity contribution is 0.518. The molecule has 1 unspecified atom stereocenters. The van der Waals surface area contributed by atoms with Gasteiger partial charge in [-0.3, -0.25) is 4.68 Å². The smallest absolute Gasteiger partial charge is 0.0837 e. The van der Waals surface area contributed by atoms with E-state index in [-0.39, 0.29) is 6.04 Å². The van der Waals surface area contributed by atoms with Gasteiger partial charge in [-0.05, 0) is 43.5 Å². The van der Waals surface area contributed by atoms with E-state index in [0.717, 1.165) is 30.2 Å². The van der Waals surface area contributed by atoms with E-state index >= 15 is 0 Å². The Kier molecular flexibility index (Phi) is 5.43. The second-order valence-corrected chi connectivity index (χ2v) is 5.80. The van der Waals surface area contributed by atoms with E-state index in [1.54, 1.807) is 6.20 Å². The van der Waals surface area contributed by atoms with E-state index in [0.29, 0.717) is 0 Å². The molecular formula is C17H24ClN3. The second kappa shape index (κ2) is 7.10. The average Bonchev–Trinajstić information content (AvgIpc) is 2.79. The normalized spacial score (nSPS) is 12.6. The van der Waals surface area contributed by atoms with Crippen LogP contribution in [0.5, 0.6) is 0 Å². The maximum absolute atomic E-state index is 6.44. The predicted molar refractivity (Wildman–Crippen MR) is 89.0 cm³/mol. The number of aromatic nitrogens is 2. The Morgan fingerprint density at radius 2 is 1.90 bits per heavy atom. The van der Waals surface area contributed by atoms with Crippen LogP contribution in [0.3, 0.4) is 0 Å². The minimum Gasteiger partial charge on any atom is -0.305 e. The first-order valence-corrected chi connectivity index (χ1v) is 7.98. The topological polar surface area (TPSA) is 29.9 Å². The predicted octanol–water partition coefficient (Wildman–Crippen LogP) is 4.26. The molecule has 1 aromatic carbocycles. The van der Waals surface area contributed by atoms with Gasteiger partial charge in [-0.25, -0.2) is 0 Å². The number of nitrogens with zero attached hydrogens (tertiary/aromatic N) is 2. The summed E-state index contributed by atoms with van der Waals surface area (Å²) in [6.07, 6.45) is 2.79. The first kappa shape index (κ1) is 16.1. The van der Waals surface area contributed by atoms with Gasteiger partial charge in [0, 0.05) is 6.54 Å². The van der Waals surface area contributed by atoms with E-state index in [1.807, 2.05) is 4.68 Å². The maximum Gasteiger partial charge on any atom is 0.0837 e. The molecule has 114 valence electrons. The van der Waals surface area contributed by atoms with Crippen LogP contribution in [0.1, 0.15) is 48.7 Å². The van der Waals surface area contributed by atoms with Crippen LogP contribution in [0.2, 0.25) is 5.02 Å². The third-order valence-corrected chi connectivity index (χ3v) is 4.07. The summed E-state index contributed by atoms with van der Waals surface area (Å²) in [5.41, 5.74) is 4.93. The van der Waals surface area contributed by atoms with Crippen LogP contribution in [0.4, 0.5) is 0 Å². The van der Waals surface area contributed by atoms with Gasteiger partial charge in [0.1, 0.15) is 0 Å². The van der Waals surface area contributed by atoms with Crippen molar-refractivity contribution in [2.45, 2.75) is 46.7 Å². The standard InChI is InChI=1S/C17H24ClN3/c1-5-10-21-17(14(18)11-20-21)16(19-6-2)15-12(3)8-7-9-13(15)4/h7-9,11,16,19H,5-6,10H2,1-4H3. The molecule has 0 amide bonds. The Bertz CT molecular complexity index is 584. The number of benzene rings is 1. The number of hydrogen-bond donors (Lipinski definition) is 1. The van der Waals surface area contributed by atoms with Crippen molar-refractivity contribution >= 4 is 11.6 Å². The van der Waals surface area contributed by atoms with E-state index in [4.69, 9.17) is 11.6 Å². The van der Waals surface area contributed by atoms with Gasteiger partial charge in [0.05, 0.1) is 23.0 Å². The van der Waals surface area contributed by atoms with Crippen LogP contribution in [0.25, 0.3) is 0 Å². The fourth-order valence-electron chi connectivity index (χ4n) is 2.87. The molecule has 21 heavy (non-hydrogen) atoms. The molecule has 0 spiro atoms. The number of hydrogen-bond acceptors (Lipinski definition) is 2. The summed E-state index contributed by atoms with van der Waals surface area (Å²) in [7, 11) is 0. The van der Waals surface area contributed by atoms with Crippen LogP contribution in [0.15, 0.2) is 24.4 Å². The molecule has 0 saturated carbocycles. The average molecular weight is 306 g/mol. The van der Waals surface area contributed by atoms with Gasteiger partial charge in [-0.15, -0.1) is 0 Å². The van der Waals surface area contributed by atoms with Crippen molar-refractivity contribution in [3.8, 4) is 0 Å². The summed E-state index contributed by atoms with van der Waals surface area (Å²) in [4.78, 5) is 0. The van der Waals surface area contributed by atoms with E-state index in [2.05, 4.69) is 56.3 Å². The molecule has 0 fully saturated rings. The molecular weight excluding hydrogens is 282 g/mol. The van der Waals surface area contributed by atoms with Crippen molar-refractivity contribution in [1.29, 1.82) is 0 Å². The molecule has 1 aromatic heterocycles. The van der Waals surface area contributed by atoms with Gasteiger partial charge in [0.2, 0.25) is 0 Å². The zero-order chi connectivity index (χ0) is 15.4. The van der Waals surface area contributed by atoms with Crippen molar-refractivity contribution in [1.82, 2.24) is 15.1 Å². The third-order valence-electron chi connectivity index (χ3n) is 3.78. The highest BCUT2D eigenvalue weighted by molar-refractivity contribution is 6.31. The molecule has 4 heteroatoms. The summed E-state index contributed by atoms with van der Waals surface area (Å²) in [6.45, 7) is 10.3. The molecule has 0 saturated heterocycles. The molecule has 0 aliphatic heterocycles. The Balaban J connectivity index is 2.56. The molecule has 0 bridgehead atoms. The van der Waals surface area contributed by atoms with Gasteiger partial charge in [0.25, 0.3) is 0 Å². The number of rotatable bonds is 6. The summed E-state index contributed by atoms with van der Waals surface area (Å²) in [5, 5.41) is 8.75. The quantitative estimate of drug-likeness (QED) is 0.864. The van der Waals surface area contributed by atoms with Crippen LogP contribution < -0.4 is 5.32 Å². The van der Waals surface area contributed by atoms with Gasteiger partial charge in [0.15, 0.2) is 0 Å². The highest BCUT2D eigenvalue weighted by Crippen LogP contribution is 2.32. The largest absolute Gasteiger partial charge is 0.305 e. The van der Waals surface area contributed by atoms with Crippen LogP contribution >= 0.6 is 11.6 Å². The maximum atomic E-state index is 6.44. The first-order chi connectivity index (χ1) is 10.1. The van der Waals surface area contributed by atoms with Crippen molar-refractivity contribution < 1.29 is 0 Å². The summed E-state index contributed by atoms with van der Waals surface area (Å²) < 4.78 is 2.03. The van der Waals surface area contributed by atoms with Crippen LogP contribution in [-0.4, -0.2) is 16.3 Å².